The molecular weight excluding hydrogens is 727 g/mol. The van der Waals surface area contributed by atoms with E-state index in [0.717, 1.165) is 44.3 Å². The van der Waals surface area contributed by atoms with Crippen molar-refractivity contribution in [2.24, 2.45) is 0 Å². The zero-order valence-corrected chi connectivity index (χ0v) is 33.6. The number of amides is 2. The van der Waals surface area contributed by atoms with Crippen LogP contribution in [0.1, 0.15) is 43.5 Å². The van der Waals surface area contributed by atoms with Gasteiger partial charge in [-0.3, -0.25) is 19.2 Å². The fourth-order valence-electron chi connectivity index (χ4n) is 5.64. The number of carbonyl (C=O) groups is 4. The number of anilines is 2. The Morgan fingerprint density at radius 2 is 1.11 bits per heavy atom. The number of hydrogen-bond acceptors (Lipinski definition) is 12. The predicted octanol–water partition coefficient (Wildman–Crippen LogP) is 1.34. The van der Waals surface area contributed by atoms with Crippen LogP contribution >= 0.6 is 0 Å². The molecule has 0 atom stereocenters. The Balaban J connectivity index is 0.000000305. The second kappa shape index (κ2) is 19.0. The van der Waals surface area contributed by atoms with Crippen LogP contribution in [0.4, 0.5) is 11.4 Å². The first-order valence-electron chi connectivity index (χ1n) is 18.0. The number of aliphatic carboxylic acids is 1. The Hall–Kier alpha value is -6.28. The van der Waals surface area contributed by atoms with Crippen LogP contribution in [0.15, 0.2) is 60.7 Å². The van der Waals surface area contributed by atoms with Gasteiger partial charge in [-0.05, 0) is 75.2 Å². The molecule has 0 bridgehead atoms. The number of esters is 1. The summed E-state index contributed by atoms with van der Waals surface area (Å²) in [5.74, 6) is -1.89. The van der Waals surface area contributed by atoms with Crippen LogP contribution in [0.25, 0.3) is 33.8 Å². The van der Waals surface area contributed by atoms with E-state index in [1.165, 1.54) is 16.9 Å². The molecule has 0 aliphatic heterocycles. The summed E-state index contributed by atoms with van der Waals surface area (Å²) in [6, 6.07) is 17.7. The van der Waals surface area contributed by atoms with Crippen LogP contribution in [-0.2, 0) is 14.3 Å². The third-order valence-electron chi connectivity index (χ3n) is 8.45. The van der Waals surface area contributed by atoms with Gasteiger partial charge < -0.3 is 35.7 Å². The molecule has 0 saturated heterocycles. The van der Waals surface area contributed by atoms with Gasteiger partial charge in [-0.1, -0.05) is 12.1 Å². The first-order chi connectivity index (χ1) is 26.9. The topological polar surface area (TPSA) is 219 Å². The first kappa shape index (κ1) is 41.9. The predicted molar refractivity (Wildman–Crippen MR) is 210 cm³/mol. The van der Waals surface area contributed by atoms with E-state index >= 15 is 0 Å². The molecule has 6 rings (SSSR count). The number of aryl methyl sites for hydroxylation is 4. The Morgan fingerprint density at radius 3 is 1.46 bits per heavy atom. The van der Waals surface area contributed by atoms with Gasteiger partial charge >= 0.3 is 30.8 Å². The third-order valence-corrected chi connectivity index (χ3v) is 8.45. The second-order valence-corrected chi connectivity index (χ2v) is 13.2. The summed E-state index contributed by atoms with van der Waals surface area (Å²) in [7, 11) is 8.02. The number of fused-ring (bicyclic) bond motifs is 2. The van der Waals surface area contributed by atoms with Gasteiger partial charge in [-0.15, -0.1) is 0 Å². The summed E-state index contributed by atoms with van der Waals surface area (Å²) >= 11 is 0. The fourth-order valence-corrected chi connectivity index (χ4v) is 5.64. The molecule has 0 saturated carbocycles. The largest absolute Gasteiger partial charge is 1.00 e. The molecule has 0 aliphatic carbocycles. The Kier molecular flexibility index (Phi) is 14.0. The normalized spacial score (nSPS) is 10.9. The van der Waals surface area contributed by atoms with Crippen molar-refractivity contribution in [2.45, 2.75) is 27.7 Å². The molecule has 4 heterocycles. The number of rotatable bonds is 10. The van der Waals surface area contributed by atoms with Crippen LogP contribution in [0.2, 0.25) is 2.82 Å². The van der Waals surface area contributed by atoms with Gasteiger partial charge in [0.2, 0.25) is 0 Å². The summed E-state index contributed by atoms with van der Waals surface area (Å²) in [4.78, 5) is 58.5. The molecular formula is C39H45LiN10O7. The number of carbonyl (C=O) groups excluding carboxylic acids is 3. The molecule has 4 N–H and O–H groups in total. The van der Waals surface area contributed by atoms with Gasteiger partial charge in [0.1, 0.15) is 24.5 Å². The van der Waals surface area contributed by atoms with Crippen molar-refractivity contribution >= 4 is 46.4 Å². The Bertz CT molecular complexity index is 2530. The zero-order chi connectivity index (χ0) is 41.9. The van der Waals surface area contributed by atoms with Crippen molar-refractivity contribution in [3.8, 4) is 22.5 Å². The minimum atomic E-state index is -1.07. The number of benzene rings is 2. The van der Waals surface area contributed by atoms with Crippen molar-refractivity contribution in [3.05, 3.63) is 94.6 Å². The molecule has 0 spiro atoms. The molecule has 4 aromatic heterocycles. The molecule has 2 aromatic carbocycles. The average Bonchev–Trinajstić information content (AvgIpc) is 3.79. The number of carboxylic acid groups (broad SMARTS) is 1. The summed E-state index contributed by atoms with van der Waals surface area (Å²) in [5, 5.41) is 20.1. The molecule has 57 heavy (non-hydrogen) atoms. The number of hydrogen-bond donors (Lipinski definition) is 3. The number of methoxy groups -OCH3 is 1. The van der Waals surface area contributed by atoms with E-state index in [1.807, 2.05) is 45.9 Å². The minimum absolute atomic E-state index is 0. The first-order valence-corrected chi connectivity index (χ1v) is 17.1. The number of nitrogens with one attached hydrogen (secondary N) is 2. The molecule has 2 amide bonds. The quantitative estimate of drug-likeness (QED) is 0.132. The SMILES string of the molecule is [2H]N(CC(=O)O)c1ccc(-c2cc3nc(C(=O)N(C)C)cc(C)n3n2)c(C)c1.[2H]N(CC(=O)OC)c1ccc(-c2cc3nc(C(=O)N(C)C)cc(C)n3n2)c(C)c1.[Li+].[OH-]. The van der Waals surface area contributed by atoms with Crippen molar-refractivity contribution < 1.29 is 56.2 Å². The molecule has 0 aliphatic rings. The number of carboxylic acids is 1. The minimum Gasteiger partial charge on any atom is -0.870 e. The van der Waals surface area contributed by atoms with E-state index in [1.54, 1.807) is 79.7 Å². The molecule has 18 heteroatoms. The molecule has 294 valence electrons. The Morgan fingerprint density at radius 1 is 0.702 bits per heavy atom. The van der Waals surface area contributed by atoms with E-state index < -0.39 is 18.5 Å². The maximum Gasteiger partial charge on any atom is 1.00 e. The number of ether oxygens (including phenoxy) is 1. The van der Waals surface area contributed by atoms with Gasteiger partial charge in [-0.2, -0.15) is 10.2 Å². The van der Waals surface area contributed by atoms with Gasteiger partial charge in [0.25, 0.3) is 11.8 Å². The molecule has 0 fully saturated rings. The van der Waals surface area contributed by atoms with Crippen LogP contribution in [0, 0.1) is 27.7 Å². The van der Waals surface area contributed by atoms with E-state index in [4.69, 9.17) is 7.93 Å². The molecule has 0 unspecified atom stereocenters. The molecule has 17 nitrogen and oxygen atoms in total. The third kappa shape index (κ3) is 10.5. The zero-order valence-electron chi connectivity index (χ0n) is 35.6. The van der Waals surface area contributed by atoms with Gasteiger partial charge in [0, 0.05) is 74.2 Å². The van der Waals surface area contributed by atoms with Crippen molar-refractivity contribution in [1.82, 2.24) is 39.0 Å². The van der Waals surface area contributed by atoms with Crippen LogP contribution in [-0.4, -0.2) is 122 Å². The molecule has 0 radical (unpaired) electrons. The number of nitrogens with zero attached hydrogens (tertiary/aromatic N) is 8. The van der Waals surface area contributed by atoms with E-state index in [2.05, 4.69) is 24.9 Å². The Labute approximate surface area is 344 Å². The number of aromatic nitrogens is 6. The standard InChI is InChI=1S/C20H23N5O3.C19H21N5O3.Li.H2O/c1-12-8-14(21-11-19(26)28-5)6-7-15(12)16-10-18-22-17(20(27)24(3)4)9-13(2)25(18)23-16;1-11-7-13(20-10-18(25)26)5-6-14(11)15-9-17-21-16(19(27)23(3)4)8-12(2)24(17)22-15;;/h6-10,21H,11H2,1-5H3;5-9,20H,10H2,1-4H3,(H,25,26);;1H2/q;;+1;/p-1/i/hD2. The summed E-state index contributed by atoms with van der Waals surface area (Å²) in [6.07, 6.45) is 0. The average molecular weight is 775 g/mol. The van der Waals surface area contributed by atoms with Crippen molar-refractivity contribution in [1.29, 1.82) is 0 Å². The van der Waals surface area contributed by atoms with Gasteiger partial charge in [-0.25, -0.2) is 19.0 Å². The fraction of sp³-hybridized carbons (Fsp3) is 0.282. The van der Waals surface area contributed by atoms with E-state index in [9.17, 15) is 19.2 Å². The summed E-state index contributed by atoms with van der Waals surface area (Å²) in [5.41, 5.74) is 9.40. The van der Waals surface area contributed by atoms with Crippen molar-refractivity contribution in [3.63, 3.8) is 0 Å². The maximum absolute atomic E-state index is 12.2. The molecule has 6 aromatic rings. The van der Waals surface area contributed by atoms with Crippen LogP contribution < -0.4 is 29.5 Å². The van der Waals surface area contributed by atoms with E-state index in [0.29, 0.717) is 45.4 Å². The maximum atomic E-state index is 12.2. The second-order valence-electron chi connectivity index (χ2n) is 13.2. The smallest absolute Gasteiger partial charge is 0.870 e. The van der Waals surface area contributed by atoms with Gasteiger partial charge in [0.15, 0.2) is 14.1 Å². The summed E-state index contributed by atoms with van der Waals surface area (Å²) < 4.78 is 23.8. The van der Waals surface area contributed by atoms with E-state index in [-0.39, 0.29) is 42.7 Å². The monoisotopic (exact) mass is 774 g/mol. The summed E-state index contributed by atoms with van der Waals surface area (Å²) in [6.45, 7) is 6.96. The van der Waals surface area contributed by atoms with Crippen molar-refractivity contribution in [2.75, 3.05) is 59.0 Å². The van der Waals surface area contributed by atoms with Crippen LogP contribution in [0.5, 0.6) is 0 Å². The van der Waals surface area contributed by atoms with Gasteiger partial charge in [0.05, 0.1) is 18.5 Å². The van der Waals surface area contributed by atoms with Crippen LogP contribution in [0.3, 0.4) is 0 Å².